The Kier molecular flexibility index (Phi) is 2.60. The molecule has 0 aliphatic rings. The molecule has 0 spiro atoms. The molecule has 0 amide bonds. The maximum atomic E-state index is 12.1. The second-order valence-electron chi connectivity index (χ2n) is 2.99. The lowest BCUT2D eigenvalue weighted by Gasteiger charge is -1.92. The molecule has 0 radical (unpaired) electrons. The van der Waals surface area contributed by atoms with Crippen LogP contribution in [-0.4, -0.2) is 0 Å². The second kappa shape index (κ2) is 3.91. The SMILES string of the molecule is C=Cc1c(/C=C/F)oc2cccc(Cl)c12. The summed E-state index contributed by atoms with van der Waals surface area (Å²) in [4.78, 5) is 0. The maximum Gasteiger partial charge on any atom is 0.137 e. The van der Waals surface area contributed by atoms with Gasteiger partial charge in [0.1, 0.15) is 11.3 Å². The summed E-state index contributed by atoms with van der Waals surface area (Å²) in [6.45, 7) is 3.66. The molecule has 0 aliphatic heterocycles. The lowest BCUT2D eigenvalue weighted by Crippen LogP contribution is -1.73. The third kappa shape index (κ3) is 1.57. The quantitative estimate of drug-likeness (QED) is 0.720. The van der Waals surface area contributed by atoms with Crippen molar-refractivity contribution in [3.63, 3.8) is 0 Å². The molecule has 2 aromatic rings. The number of fused-ring (bicyclic) bond motifs is 1. The minimum atomic E-state index is 0.426. The van der Waals surface area contributed by atoms with Gasteiger partial charge in [0.05, 0.1) is 11.4 Å². The Morgan fingerprint density at radius 3 is 2.87 bits per heavy atom. The minimum absolute atomic E-state index is 0.426. The molecule has 0 fully saturated rings. The van der Waals surface area contributed by atoms with Gasteiger partial charge in [-0.3, -0.25) is 0 Å². The van der Waals surface area contributed by atoms with E-state index in [1.54, 1.807) is 24.3 Å². The summed E-state index contributed by atoms with van der Waals surface area (Å²) in [6.07, 6.45) is 3.28. The van der Waals surface area contributed by atoms with Gasteiger partial charge < -0.3 is 4.42 Å². The smallest absolute Gasteiger partial charge is 0.137 e. The molecular formula is C12H8ClFO. The van der Waals surface area contributed by atoms with Gasteiger partial charge in [-0.15, -0.1) is 0 Å². The summed E-state index contributed by atoms with van der Waals surface area (Å²) in [6, 6.07) is 5.32. The van der Waals surface area contributed by atoms with Crippen LogP contribution in [0, 0.1) is 0 Å². The zero-order chi connectivity index (χ0) is 10.8. The van der Waals surface area contributed by atoms with E-state index in [4.69, 9.17) is 16.0 Å². The van der Waals surface area contributed by atoms with Crippen molar-refractivity contribution in [1.29, 1.82) is 0 Å². The first-order chi connectivity index (χ1) is 7.27. The number of hydrogen-bond acceptors (Lipinski definition) is 1. The first-order valence-corrected chi connectivity index (χ1v) is 4.76. The van der Waals surface area contributed by atoms with E-state index in [2.05, 4.69) is 6.58 Å². The first-order valence-electron chi connectivity index (χ1n) is 4.38. The summed E-state index contributed by atoms with van der Waals surface area (Å²) in [7, 11) is 0. The average Bonchev–Trinajstić information content (AvgIpc) is 2.57. The van der Waals surface area contributed by atoms with Crippen LogP contribution >= 0.6 is 11.6 Å². The highest BCUT2D eigenvalue weighted by molar-refractivity contribution is 6.36. The maximum absolute atomic E-state index is 12.1. The Hall–Kier alpha value is -1.54. The van der Waals surface area contributed by atoms with E-state index in [0.29, 0.717) is 28.3 Å². The van der Waals surface area contributed by atoms with Gasteiger partial charge in [0.15, 0.2) is 0 Å². The molecule has 0 bridgehead atoms. The zero-order valence-corrected chi connectivity index (χ0v) is 8.59. The third-order valence-corrected chi connectivity index (χ3v) is 2.46. The van der Waals surface area contributed by atoms with E-state index in [1.165, 1.54) is 6.08 Å². The van der Waals surface area contributed by atoms with E-state index in [9.17, 15) is 4.39 Å². The van der Waals surface area contributed by atoms with Crippen LogP contribution < -0.4 is 0 Å². The highest BCUT2D eigenvalue weighted by Crippen LogP contribution is 2.33. The van der Waals surface area contributed by atoms with E-state index >= 15 is 0 Å². The summed E-state index contributed by atoms with van der Waals surface area (Å²) in [5.41, 5.74) is 1.34. The Labute approximate surface area is 91.5 Å². The van der Waals surface area contributed by atoms with Gasteiger partial charge in [-0.05, 0) is 12.1 Å². The minimum Gasteiger partial charge on any atom is -0.456 e. The lowest BCUT2D eigenvalue weighted by molar-refractivity contribution is 0.600. The fraction of sp³-hybridized carbons (Fsp3) is 0. The van der Waals surface area contributed by atoms with Crippen LogP contribution in [0.3, 0.4) is 0 Å². The van der Waals surface area contributed by atoms with Crippen LogP contribution in [0.15, 0.2) is 35.5 Å². The normalized spacial score (nSPS) is 11.3. The summed E-state index contributed by atoms with van der Waals surface area (Å²) in [5.74, 6) is 0.426. The second-order valence-corrected chi connectivity index (χ2v) is 3.40. The predicted molar refractivity (Wildman–Crippen MR) is 61.5 cm³/mol. The van der Waals surface area contributed by atoms with Crippen molar-refractivity contribution in [2.45, 2.75) is 0 Å². The van der Waals surface area contributed by atoms with E-state index in [-0.39, 0.29) is 0 Å². The predicted octanol–water partition coefficient (Wildman–Crippen LogP) is 4.67. The summed E-state index contributed by atoms with van der Waals surface area (Å²) in [5, 5.41) is 1.34. The Balaban J connectivity index is 2.85. The molecule has 1 nitrogen and oxygen atoms in total. The first kappa shape index (κ1) is 9.99. The van der Waals surface area contributed by atoms with Crippen molar-refractivity contribution in [3.8, 4) is 0 Å². The van der Waals surface area contributed by atoms with Crippen molar-refractivity contribution in [3.05, 3.63) is 47.5 Å². The standard InChI is InChI=1S/C12H8ClFO/c1-2-8-10(6-7-14)15-11-5-3-4-9(13)12(8)11/h2-7H,1H2/b7-6+. The topological polar surface area (TPSA) is 13.1 Å². The molecule has 1 aromatic heterocycles. The van der Waals surface area contributed by atoms with Gasteiger partial charge in [-0.25, -0.2) is 4.39 Å². The van der Waals surface area contributed by atoms with Crippen LogP contribution in [0.2, 0.25) is 5.02 Å². The van der Waals surface area contributed by atoms with Gasteiger partial charge >= 0.3 is 0 Å². The Morgan fingerprint density at radius 1 is 1.40 bits per heavy atom. The van der Waals surface area contributed by atoms with Crippen LogP contribution in [0.1, 0.15) is 11.3 Å². The Morgan fingerprint density at radius 2 is 2.20 bits per heavy atom. The van der Waals surface area contributed by atoms with Crippen molar-refractivity contribution in [2.75, 3.05) is 0 Å². The fourth-order valence-corrected chi connectivity index (χ4v) is 1.80. The van der Waals surface area contributed by atoms with Gasteiger partial charge in [-0.2, -0.15) is 0 Å². The average molecular weight is 223 g/mol. The highest BCUT2D eigenvalue weighted by Gasteiger charge is 2.11. The Bertz CT molecular complexity index is 540. The van der Waals surface area contributed by atoms with Gasteiger partial charge in [0, 0.05) is 17.0 Å². The number of halogens is 2. The van der Waals surface area contributed by atoms with Gasteiger partial charge in [0.2, 0.25) is 0 Å². The molecule has 3 heteroatoms. The van der Waals surface area contributed by atoms with Crippen molar-refractivity contribution < 1.29 is 8.81 Å². The van der Waals surface area contributed by atoms with Crippen molar-refractivity contribution >= 4 is 34.7 Å². The molecule has 1 aromatic carbocycles. The van der Waals surface area contributed by atoms with Crippen LogP contribution in [-0.2, 0) is 0 Å². The number of hydrogen-bond donors (Lipinski definition) is 0. The molecule has 2 rings (SSSR count). The molecule has 1 heterocycles. The fourth-order valence-electron chi connectivity index (χ4n) is 1.53. The largest absolute Gasteiger partial charge is 0.456 e. The summed E-state index contributed by atoms with van der Waals surface area (Å²) >= 11 is 6.03. The van der Waals surface area contributed by atoms with E-state index < -0.39 is 0 Å². The monoisotopic (exact) mass is 222 g/mol. The molecule has 0 atom stereocenters. The lowest BCUT2D eigenvalue weighted by atomic mass is 10.1. The number of furan rings is 1. The molecule has 0 aliphatic carbocycles. The van der Waals surface area contributed by atoms with Crippen molar-refractivity contribution in [1.82, 2.24) is 0 Å². The highest BCUT2D eigenvalue weighted by atomic mass is 35.5. The summed E-state index contributed by atoms with van der Waals surface area (Å²) < 4.78 is 17.5. The molecule has 0 saturated carbocycles. The molecule has 0 N–H and O–H groups in total. The molecule has 76 valence electrons. The zero-order valence-electron chi connectivity index (χ0n) is 7.84. The van der Waals surface area contributed by atoms with Crippen LogP contribution in [0.5, 0.6) is 0 Å². The molecule has 0 saturated heterocycles. The molecule has 0 unspecified atom stereocenters. The van der Waals surface area contributed by atoms with Gasteiger partial charge in [-0.1, -0.05) is 30.3 Å². The third-order valence-electron chi connectivity index (χ3n) is 2.15. The number of benzene rings is 1. The molecule has 15 heavy (non-hydrogen) atoms. The van der Waals surface area contributed by atoms with Gasteiger partial charge in [0.25, 0.3) is 0 Å². The van der Waals surface area contributed by atoms with Crippen molar-refractivity contribution in [2.24, 2.45) is 0 Å². The van der Waals surface area contributed by atoms with E-state index in [0.717, 1.165) is 5.39 Å². The number of rotatable bonds is 2. The molecular weight excluding hydrogens is 215 g/mol. The van der Waals surface area contributed by atoms with Crippen LogP contribution in [0.4, 0.5) is 4.39 Å². The van der Waals surface area contributed by atoms with Crippen LogP contribution in [0.25, 0.3) is 23.1 Å². The van der Waals surface area contributed by atoms with E-state index in [1.807, 2.05) is 0 Å².